The van der Waals surface area contributed by atoms with Gasteiger partial charge in [-0.25, -0.2) is 9.07 Å². The molecule has 0 aliphatic carbocycles. The Morgan fingerprint density at radius 1 is 0.875 bits per heavy atom. The molecule has 0 radical (unpaired) electrons. The van der Waals surface area contributed by atoms with Gasteiger partial charge in [0.05, 0.1) is 22.9 Å². The maximum absolute atomic E-state index is 14.4. The Kier molecular flexibility index (Phi) is 4.49. The van der Waals surface area contributed by atoms with Gasteiger partial charge in [-0.1, -0.05) is 24.3 Å². The molecular weight excluding hydrogens is 422 g/mol. The Morgan fingerprint density at radius 3 is 2.38 bits per heavy atom. The number of rotatable bonds is 3. The minimum absolute atomic E-state index is 0.205. The summed E-state index contributed by atoms with van der Waals surface area (Å²) in [6.07, 6.45) is -2.35. The molecule has 1 N–H and O–H groups in total. The summed E-state index contributed by atoms with van der Waals surface area (Å²) in [6.45, 7) is 0. The molecule has 0 amide bonds. The van der Waals surface area contributed by atoms with Crippen LogP contribution >= 0.6 is 0 Å². The van der Waals surface area contributed by atoms with Gasteiger partial charge in [0.2, 0.25) is 5.60 Å². The lowest BCUT2D eigenvalue weighted by atomic mass is 9.83. The smallest absolute Gasteiger partial charge is 0.372 e. The molecule has 0 bridgehead atoms. The highest BCUT2D eigenvalue weighted by atomic mass is 19.4. The summed E-state index contributed by atoms with van der Waals surface area (Å²) in [5.74, 6) is -0.410. The first-order chi connectivity index (χ1) is 15.3. The van der Waals surface area contributed by atoms with Crippen molar-refractivity contribution in [3.63, 3.8) is 0 Å². The summed E-state index contributed by atoms with van der Waals surface area (Å²) in [6, 6.07) is 17.1. The van der Waals surface area contributed by atoms with E-state index in [0.29, 0.717) is 22.1 Å². The summed E-state index contributed by atoms with van der Waals surface area (Å²) in [4.78, 5) is 4.11. The molecule has 2 aromatic heterocycles. The van der Waals surface area contributed by atoms with Crippen LogP contribution in [0.1, 0.15) is 11.1 Å². The van der Waals surface area contributed by atoms with Crippen LogP contribution in [0.5, 0.6) is 0 Å². The van der Waals surface area contributed by atoms with Crippen LogP contribution in [0, 0.1) is 5.82 Å². The van der Waals surface area contributed by atoms with E-state index in [1.807, 2.05) is 0 Å². The minimum Gasteiger partial charge on any atom is -0.372 e. The van der Waals surface area contributed by atoms with Crippen molar-refractivity contribution in [1.82, 2.24) is 14.8 Å². The molecule has 0 aliphatic heterocycles. The Labute approximate surface area is 179 Å². The topological polar surface area (TPSA) is 50.9 Å². The van der Waals surface area contributed by atoms with E-state index in [0.717, 1.165) is 0 Å². The molecule has 3 aromatic carbocycles. The van der Waals surface area contributed by atoms with Gasteiger partial charge in [0.1, 0.15) is 5.82 Å². The first kappa shape index (κ1) is 20.1. The van der Waals surface area contributed by atoms with Crippen molar-refractivity contribution in [3.8, 4) is 5.69 Å². The number of fused-ring (bicyclic) bond motifs is 2. The van der Waals surface area contributed by atoms with Gasteiger partial charge in [0.15, 0.2) is 0 Å². The van der Waals surface area contributed by atoms with Crippen LogP contribution in [0.15, 0.2) is 85.2 Å². The fourth-order valence-corrected chi connectivity index (χ4v) is 3.93. The quantitative estimate of drug-likeness (QED) is 0.379. The van der Waals surface area contributed by atoms with Crippen molar-refractivity contribution in [3.05, 3.63) is 102 Å². The molecule has 0 saturated heterocycles. The highest BCUT2D eigenvalue weighted by Crippen LogP contribution is 2.46. The Bertz CT molecular complexity index is 1440. The minimum atomic E-state index is -5.00. The summed E-state index contributed by atoms with van der Waals surface area (Å²) in [7, 11) is 0. The highest BCUT2D eigenvalue weighted by molar-refractivity contribution is 5.85. The third-order valence-electron chi connectivity index (χ3n) is 5.51. The van der Waals surface area contributed by atoms with Gasteiger partial charge in [-0.2, -0.15) is 18.3 Å². The van der Waals surface area contributed by atoms with E-state index in [2.05, 4.69) is 10.1 Å². The first-order valence-electron chi connectivity index (χ1n) is 9.66. The lowest BCUT2D eigenvalue weighted by Crippen LogP contribution is -2.43. The number of alkyl halides is 3. The maximum atomic E-state index is 14.4. The number of aliphatic hydroxyl groups is 1. The second kappa shape index (κ2) is 7.13. The zero-order chi connectivity index (χ0) is 22.5. The molecule has 0 aliphatic rings. The second-order valence-electron chi connectivity index (χ2n) is 7.39. The lowest BCUT2D eigenvalue weighted by molar-refractivity contribution is -0.247. The largest absolute Gasteiger partial charge is 0.425 e. The van der Waals surface area contributed by atoms with Crippen LogP contribution in [-0.4, -0.2) is 26.0 Å². The van der Waals surface area contributed by atoms with E-state index in [9.17, 15) is 22.7 Å². The lowest BCUT2D eigenvalue weighted by Gasteiger charge is -2.32. The van der Waals surface area contributed by atoms with E-state index in [1.165, 1.54) is 71.7 Å². The fourth-order valence-electron chi connectivity index (χ4n) is 3.93. The van der Waals surface area contributed by atoms with Crippen LogP contribution in [0.4, 0.5) is 17.6 Å². The molecule has 5 aromatic rings. The molecule has 160 valence electrons. The number of nitrogens with zero attached hydrogens (tertiary/aromatic N) is 3. The number of hydrogen-bond donors (Lipinski definition) is 1. The van der Waals surface area contributed by atoms with E-state index < -0.39 is 17.6 Å². The molecule has 2 heterocycles. The van der Waals surface area contributed by atoms with Crippen LogP contribution in [0.25, 0.3) is 27.5 Å². The summed E-state index contributed by atoms with van der Waals surface area (Å²) in [5, 5.41) is 16.0. The van der Waals surface area contributed by atoms with Crippen molar-refractivity contribution in [1.29, 1.82) is 0 Å². The van der Waals surface area contributed by atoms with Gasteiger partial charge in [-0.3, -0.25) is 4.98 Å². The van der Waals surface area contributed by atoms with Crippen molar-refractivity contribution in [2.75, 3.05) is 0 Å². The predicted molar refractivity (Wildman–Crippen MR) is 112 cm³/mol. The first-order valence-corrected chi connectivity index (χ1v) is 9.66. The Balaban J connectivity index is 1.71. The van der Waals surface area contributed by atoms with Gasteiger partial charge >= 0.3 is 6.18 Å². The molecule has 32 heavy (non-hydrogen) atoms. The monoisotopic (exact) mass is 437 g/mol. The average molecular weight is 437 g/mol. The molecule has 0 spiro atoms. The van der Waals surface area contributed by atoms with Crippen LogP contribution in [-0.2, 0) is 5.60 Å². The third-order valence-corrected chi connectivity index (χ3v) is 5.51. The van der Waals surface area contributed by atoms with E-state index in [-0.39, 0.29) is 16.5 Å². The fraction of sp³-hybridized carbons (Fsp3) is 0.0833. The number of halogens is 4. The number of pyridine rings is 1. The summed E-state index contributed by atoms with van der Waals surface area (Å²) in [5.41, 5.74) is -2.49. The van der Waals surface area contributed by atoms with Gasteiger partial charge in [0, 0.05) is 22.5 Å². The Morgan fingerprint density at radius 2 is 1.62 bits per heavy atom. The van der Waals surface area contributed by atoms with Gasteiger partial charge < -0.3 is 5.11 Å². The molecule has 5 rings (SSSR count). The van der Waals surface area contributed by atoms with Gasteiger partial charge in [-0.15, -0.1) is 0 Å². The number of para-hydroxylation sites is 1. The molecule has 1 atom stereocenters. The van der Waals surface area contributed by atoms with Crippen molar-refractivity contribution in [2.24, 2.45) is 0 Å². The van der Waals surface area contributed by atoms with Crippen LogP contribution in [0.2, 0.25) is 0 Å². The zero-order valence-corrected chi connectivity index (χ0v) is 16.4. The van der Waals surface area contributed by atoms with Crippen molar-refractivity contribution in [2.45, 2.75) is 11.8 Å². The predicted octanol–water partition coefficient (Wildman–Crippen LogP) is 5.51. The molecular formula is C24H15F4N3O. The molecule has 0 fully saturated rings. The van der Waals surface area contributed by atoms with E-state index in [4.69, 9.17) is 0 Å². The number of aromatic nitrogens is 3. The second-order valence-corrected chi connectivity index (χ2v) is 7.39. The Hall–Kier alpha value is -3.78. The average Bonchev–Trinajstić information content (AvgIpc) is 3.21. The summed E-state index contributed by atoms with van der Waals surface area (Å²) < 4.78 is 57.9. The standard InChI is InChI=1S/C24H15F4N3O/c25-17-6-8-18(9-7-17)31-22-10-5-16(13-15(22)14-30-31)23(32,24(26,27)28)20-11-12-29-21-4-2-1-3-19(20)21/h1-14,32H. The zero-order valence-electron chi connectivity index (χ0n) is 16.4. The van der Waals surface area contributed by atoms with Crippen LogP contribution in [0.3, 0.4) is 0 Å². The highest BCUT2D eigenvalue weighted by Gasteiger charge is 2.57. The SMILES string of the molecule is OC(c1ccc2c(cnn2-c2ccc(F)cc2)c1)(c1ccnc2ccccc12)C(F)(F)F. The van der Waals surface area contributed by atoms with E-state index in [1.54, 1.807) is 18.2 Å². The number of hydrogen-bond acceptors (Lipinski definition) is 3. The van der Waals surface area contributed by atoms with Gasteiger partial charge in [-0.05, 0) is 54.1 Å². The van der Waals surface area contributed by atoms with Crippen molar-refractivity contribution >= 4 is 21.8 Å². The number of benzene rings is 3. The molecule has 8 heteroatoms. The van der Waals surface area contributed by atoms with Gasteiger partial charge in [0.25, 0.3) is 0 Å². The molecule has 4 nitrogen and oxygen atoms in total. The summed E-state index contributed by atoms with van der Waals surface area (Å²) >= 11 is 0. The third kappa shape index (κ3) is 3.03. The van der Waals surface area contributed by atoms with Crippen molar-refractivity contribution < 1.29 is 22.7 Å². The van der Waals surface area contributed by atoms with E-state index >= 15 is 0 Å². The van der Waals surface area contributed by atoms with Crippen LogP contribution < -0.4 is 0 Å². The normalized spacial score (nSPS) is 14.0. The molecule has 0 saturated carbocycles. The maximum Gasteiger partial charge on any atom is 0.425 e. The molecule has 1 unspecified atom stereocenters.